The third kappa shape index (κ3) is 29.3. The number of aliphatic hydroxyl groups is 3. The third-order valence-corrected chi connectivity index (χ3v) is 8.53. The van der Waals surface area contributed by atoms with E-state index in [1.54, 1.807) is 0 Å². The summed E-state index contributed by atoms with van der Waals surface area (Å²) in [5.41, 5.74) is 0. The number of aliphatic hydroxyl groups excluding tert-OH is 3. The van der Waals surface area contributed by atoms with Crippen molar-refractivity contribution in [1.29, 1.82) is 0 Å². The van der Waals surface area contributed by atoms with Crippen LogP contribution in [0.5, 0.6) is 0 Å². The van der Waals surface area contributed by atoms with Crippen LogP contribution in [0.3, 0.4) is 0 Å². The Morgan fingerprint density at radius 2 is 0.930 bits per heavy atom. The molecule has 4 N–H and O–H groups in total. The molecule has 0 fully saturated rings. The first-order valence-corrected chi connectivity index (χ1v) is 18.6. The minimum Gasteiger partial charge on any atom is -0.394 e. The monoisotopic (exact) mass is 608 g/mol. The molecule has 254 valence electrons. The number of hydrogen-bond donors (Lipinski definition) is 4. The average Bonchev–Trinajstić information content (AvgIpc) is 3.01. The van der Waals surface area contributed by atoms with E-state index in [-0.39, 0.29) is 12.5 Å². The van der Waals surface area contributed by atoms with Crippen molar-refractivity contribution < 1.29 is 20.1 Å². The quantitative estimate of drug-likeness (QED) is 0.0441. The Morgan fingerprint density at radius 1 is 0.558 bits per heavy atom. The highest BCUT2D eigenvalue weighted by molar-refractivity contribution is 5.76. The molecule has 1 amide bonds. The van der Waals surface area contributed by atoms with Crippen LogP contribution in [0.4, 0.5) is 0 Å². The van der Waals surface area contributed by atoms with Crippen molar-refractivity contribution >= 4 is 5.91 Å². The number of carbonyl (C=O) groups excluding carboxylic acids is 1. The molecule has 0 spiro atoms. The molecule has 0 aromatic rings. The molecule has 43 heavy (non-hydrogen) atoms. The SMILES string of the molecule is CCCCCC/C=C/CCCC(O)C(O)C(CO)NC(=O)CCCCCCCCC/C=C\CCCCCCCCCCC. The fourth-order valence-electron chi connectivity index (χ4n) is 5.57. The highest BCUT2D eigenvalue weighted by atomic mass is 16.3. The average molecular weight is 608 g/mol. The van der Waals surface area contributed by atoms with Crippen LogP contribution in [0.2, 0.25) is 0 Å². The van der Waals surface area contributed by atoms with Gasteiger partial charge in [0.05, 0.1) is 18.8 Å². The zero-order valence-corrected chi connectivity index (χ0v) is 28.6. The van der Waals surface area contributed by atoms with E-state index in [0.29, 0.717) is 12.8 Å². The maximum Gasteiger partial charge on any atom is 0.220 e. The molecule has 0 bridgehead atoms. The number of hydrogen-bond acceptors (Lipinski definition) is 4. The van der Waals surface area contributed by atoms with Gasteiger partial charge in [-0.25, -0.2) is 0 Å². The molecule has 0 aromatic heterocycles. The van der Waals surface area contributed by atoms with Crippen LogP contribution in [0.1, 0.15) is 187 Å². The van der Waals surface area contributed by atoms with Crippen LogP contribution < -0.4 is 5.32 Å². The van der Waals surface area contributed by atoms with Gasteiger partial charge in [0, 0.05) is 6.42 Å². The van der Waals surface area contributed by atoms with Gasteiger partial charge in [-0.05, 0) is 64.2 Å². The topological polar surface area (TPSA) is 89.8 Å². The Hall–Kier alpha value is -1.17. The zero-order chi connectivity index (χ0) is 31.6. The highest BCUT2D eigenvalue weighted by Gasteiger charge is 2.26. The lowest BCUT2D eigenvalue weighted by molar-refractivity contribution is -0.124. The molecule has 0 aliphatic heterocycles. The molecule has 5 heteroatoms. The van der Waals surface area contributed by atoms with E-state index in [4.69, 9.17) is 0 Å². The van der Waals surface area contributed by atoms with Gasteiger partial charge in [0.15, 0.2) is 0 Å². The largest absolute Gasteiger partial charge is 0.394 e. The van der Waals surface area contributed by atoms with Gasteiger partial charge in [0.2, 0.25) is 5.91 Å². The Balaban J connectivity index is 3.66. The Kier molecular flexibility index (Phi) is 32.8. The number of carbonyl (C=O) groups is 1. The third-order valence-electron chi connectivity index (χ3n) is 8.53. The van der Waals surface area contributed by atoms with Crippen LogP contribution >= 0.6 is 0 Å². The standard InChI is InChI=1S/C38H73NO4/c1-3-5-7-9-11-13-14-15-16-17-18-19-20-21-22-23-25-27-29-31-33-37(42)39-35(34-40)38(43)36(41)32-30-28-26-24-12-10-8-6-4-2/h18-19,24,26,35-36,38,40-41,43H,3-17,20-23,25,27-34H2,1-2H3,(H,39,42)/b19-18-,26-24+. The molecular formula is C38H73NO4. The van der Waals surface area contributed by atoms with E-state index in [0.717, 1.165) is 38.5 Å². The molecule has 0 saturated carbocycles. The van der Waals surface area contributed by atoms with E-state index in [2.05, 4.69) is 43.5 Å². The molecule has 0 saturated heterocycles. The fraction of sp³-hybridized carbons (Fsp3) is 0.868. The van der Waals surface area contributed by atoms with Gasteiger partial charge in [-0.15, -0.1) is 0 Å². The molecule has 0 aliphatic rings. The fourth-order valence-corrected chi connectivity index (χ4v) is 5.57. The maximum atomic E-state index is 12.3. The van der Waals surface area contributed by atoms with Gasteiger partial charge in [-0.3, -0.25) is 4.79 Å². The van der Waals surface area contributed by atoms with Crippen LogP contribution in [-0.4, -0.2) is 46.1 Å². The summed E-state index contributed by atoms with van der Waals surface area (Å²) in [5.74, 6) is -0.162. The van der Waals surface area contributed by atoms with Crippen molar-refractivity contribution in [1.82, 2.24) is 5.32 Å². The minimum absolute atomic E-state index is 0.162. The molecule has 3 unspecified atom stereocenters. The summed E-state index contributed by atoms with van der Waals surface area (Å²) >= 11 is 0. The van der Waals surface area contributed by atoms with Crippen molar-refractivity contribution in [2.75, 3.05) is 6.61 Å². The van der Waals surface area contributed by atoms with E-state index in [9.17, 15) is 20.1 Å². The van der Waals surface area contributed by atoms with E-state index in [1.165, 1.54) is 122 Å². The number of amides is 1. The molecule has 0 rings (SSSR count). The van der Waals surface area contributed by atoms with Crippen molar-refractivity contribution in [3.8, 4) is 0 Å². The second kappa shape index (κ2) is 33.7. The maximum absolute atomic E-state index is 12.3. The number of allylic oxidation sites excluding steroid dienone is 4. The van der Waals surface area contributed by atoms with E-state index in [1.807, 2.05) is 0 Å². The lowest BCUT2D eigenvalue weighted by Crippen LogP contribution is -2.50. The number of unbranched alkanes of at least 4 members (excludes halogenated alkanes) is 21. The summed E-state index contributed by atoms with van der Waals surface area (Å²) in [5, 5.41) is 33.2. The Bertz CT molecular complexity index is 635. The molecule has 5 nitrogen and oxygen atoms in total. The molecular weight excluding hydrogens is 534 g/mol. The van der Waals surface area contributed by atoms with Crippen molar-refractivity contribution in [3.05, 3.63) is 24.3 Å². The van der Waals surface area contributed by atoms with Crippen molar-refractivity contribution in [3.63, 3.8) is 0 Å². The van der Waals surface area contributed by atoms with Crippen LogP contribution in [-0.2, 0) is 4.79 Å². The second-order valence-corrected chi connectivity index (χ2v) is 12.8. The van der Waals surface area contributed by atoms with Crippen LogP contribution in [0, 0.1) is 0 Å². The second-order valence-electron chi connectivity index (χ2n) is 12.8. The van der Waals surface area contributed by atoms with Crippen molar-refractivity contribution in [2.45, 2.75) is 205 Å². The Labute approximate surface area is 267 Å². The van der Waals surface area contributed by atoms with Gasteiger partial charge in [0.1, 0.15) is 6.10 Å². The minimum atomic E-state index is -1.16. The Morgan fingerprint density at radius 3 is 1.37 bits per heavy atom. The highest BCUT2D eigenvalue weighted by Crippen LogP contribution is 2.14. The van der Waals surface area contributed by atoms with Gasteiger partial charge in [-0.2, -0.15) is 0 Å². The summed E-state index contributed by atoms with van der Waals surface area (Å²) in [6.07, 6.45) is 38.5. The summed E-state index contributed by atoms with van der Waals surface area (Å²) in [6, 6.07) is -0.823. The lowest BCUT2D eigenvalue weighted by Gasteiger charge is -2.26. The summed E-state index contributed by atoms with van der Waals surface area (Å²) in [6.45, 7) is 4.11. The van der Waals surface area contributed by atoms with E-state index < -0.39 is 18.2 Å². The predicted octanol–water partition coefficient (Wildman–Crippen LogP) is 9.87. The first-order chi connectivity index (χ1) is 21.1. The first-order valence-electron chi connectivity index (χ1n) is 18.6. The van der Waals surface area contributed by atoms with Crippen LogP contribution in [0.25, 0.3) is 0 Å². The summed E-state index contributed by atoms with van der Waals surface area (Å²) in [7, 11) is 0. The van der Waals surface area contributed by atoms with E-state index >= 15 is 0 Å². The predicted molar refractivity (Wildman–Crippen MR) is 185 cm³/mol. The van der Waals surface area contributed by atoms with Gasteiger partial charge < -0.3 is 20.6 Å². The molecule has 0 heterocycles. The molecule has 0 radical (unpaired) electrons. The van der Waals surface area contributed by atoms with Crippen LogP contribution in [0.15, 0.2) is 24.3 Å². The lowest BCUT2D eigenvalue weighted by atomic mass is 10.0. The molecule has 0 aromatic carbocycles. The summed E-state index contributed by atoms with van der Waals surface area (Å²) < 4.78 is 0. The van der Waals surface area contributed by atoms with Gasteiger partial charge >= 0.3 is 0 Å². The zero-order valence-electron chi connectivity index (χ0n) is 28.6. The molecule has 3 atom stereocenters. The summed E-state index contributed by atoms with van der Waals surface area (Å²) in [4.78, 5) is 12.3. The van der Waals surface area contributed by atoms with Gasteiger partial charge in [0.25, 0.3) is 0 Å². The van der Waals surface area contributed by atoms with Gasteiger partial charge in [-0.1, -0.05) is 141 Å². The van der Waals surface area contributed by atoms with Crippen molar-refractivity contribution in [2.24, 2.45) is 0 Å². The normalized spacial score (nSPS) is 14.1. The first kappa shape index (κ1) is 41.8. The molecule has 0 aliphatic carbocycles. The number of rotatable bonds is 33. The smallest absolute Gasteiger partial charge is 0.220 e. The number of nitrogens with one attached hydrogen (secondary N) is 1.